The Kier molecular flexibility index (Phi) is 4.93. The molecule has 1 unspecified atom stereocenters. The van der Waals surface area contributed by atoms with Gasteiger partial charge in [0, 0.05) is 30.5 Å². The SMILES string of the molecule is CC1=C(c2ccc(OC(F)F)cc2)N=C2C=CN(c3cccc(CO)c3)C[NH+]21. The molecule has 0 bridgehead atoms. The number of halogens is 2. The molecule has 0 saturated carbocycles. The van der Waals surface area contributed by atoms with Crippen molar-refractivity contribution >= 4 is 17.2 Å². The maximum Gasteiger partial charge on any atom is 0.387 e. The van der Waals surface area contributed by atoms with Crippen molar-refractivity contribution in [1.82, 2.24) is 0 Å². The Labute approximate surface area is 161 Å². The van der Waals surface area contributed by atoms with E-state index in [0.29, 0.717) is 6.67 Å². The molecule has 0 aliphatic carbocycles. The molecule has 0 saturated heterocycles. The first-order chi connectivity index (χ1) is 13.5. The van der Waals surface area contributed by atoms with Gasteiger partial charge in [-0.15, -0.1) is 0 Å². The number of ether oxygens (including phenoxy) is 1. The van der Waals surface area contributed by atoms with Gasteiger partial charge < -0.3 is 9.84 Å². The summed E-state index contributed by atoms with van der Waals surface area (Å²) in [5.41, 5.74) is 4.62. The van der Waals surface area contributed by atoms with Gasteiger partial charge in [0.15, 0.2) is 6.67 Å². The molecule has 0 amide bonds. The zero-order valence-electron chi connectivity index (χ0n) is 15.3. The number of nitrogens with zero attached hydrogens (tertiary/aromatic N) is 2. The lowest BCUT2D eigenvalue weighted by molar-refractivity contribution is -0.757. The molecule has 2 aromatic carbocycles. The molecule has 0 fully saturated rings. The van der Waals surface area contributed by atoms with Crippen LogP contribution >= 0.6 is 0 Å². The van der Waals surface area contributed by atoms with Gasteiger partial charge >= 0.3 is 6.61 Å². The van der Waals surface area contributed by atoms with Crippen LogP contribution in [0.25, 0.3) is 5.70 Å². The van der Waals surface area contributed by atoms with E-state index in [9.17, 15) is 13.9 Å². The van der Waals surface area contributed by atoms with E-state index in [2.05, 4.69) is 9.64 Å². The predicted molar refractivity (Wildman–Crippen MR) is 103 cm³/mol. The van der Waals surface area contributed by atoms with Gasteiger partial charge in [0.2, 0.25) is 5.84 Å². The number of aliphatic hydroxyl groups excluding tert-OH is 1. The van der Waals surface area contributed by atoms with Crippen molar-refractivity contribution in [1.29, 1.82) is 0 Å². The number of aliphatic hydroxyl groups is 1. The molecule has 144 valence electrons. The van der Waals surface area contributed by atoms with Crippen molar-refractivity contribution in [2.75, 3.05) is 11.6 Å². The largest absolute Gasteiger partial charge is 0.435 e. The minimum absolute atomic E-state index is 0.00300. The summed E-state index contributed by atoms with van der Waals surface area (Å²) in [5.74, 6) is 1.04. The fourth-order valence-electron chi connectivity index (χ4n) is 3.41. The highest BCUT2D eigenvalue weighted by molar-refractivity contribution is 5.95. The van der Waals surface area contributed by atoms with Gasteiger partial charge in [-0.2, -0.15) is 13.8 Å². The van der Waals surface area contributed by atoms with E-state index >= 15 is 0 Å². The molecule has 2 aromatic rings. The molecule has 2 aliphatic heterocycles. The summed E-state index contributed by atoms with van der Waals surface area (Å²) < 4.78 is 29.1. The first kappa shape index (κ1) is 18.3. The Hall–Kier alpha value is -3.03. The topological polar surface area (TPSA) is 49.5 Å². The lowest BCUT2D eigenvalue weighted by atomic mass is 10.1. The summed E-state index contributed by atoms with van der Waals surface area (Å²) in [5, 5.41) is 9.36. The number of alkyl halides is 2. The standard InChI is InChI=1S/C21H19F2N3O2/c1-14-20(16-5-7-18(8-6-16)28-21(22)23)24-19-9-10-25(13-26(14)19)17-4-2-3-15(11-17)12-27/h2-11,21,27H,12-13H2,1H3/p+1. The molecule has 2 N–H and O–H groups in total. The monoisotopic (exact) mass is 384 g/mol. The number of fused-ring (bicyclic) bond motifs is 1. The molecule has 2 aliphatic rings. The van der Waals surface area contributed by atoms with Crippen molar-refractivity contribution in [3.8, 4) is 5.75 Å². The smallest absolute Gasteiger partial charge is 0.387 e. The number of benzene rings is 2. The van der Waals surface area contributed by atoms with Crippen LogP contribution in [0.2, 0.25) is 0 Å². The van der Waals surface area contributed by atoms with Crippen LogP contribution in [0.1, 0.15) is 18.1 Å². The van der Waals surface area contributed by atoms with Gasteiger partial charge in [0.25, 0.3) is 0 Å². The highest BCUT2D eigenvalue weighted by Crippen LogP contribution is 2.25. The van der Waals surface area contributed by atoms with Crippen LogP contribution in [0.5, 0.6) is 5.75 Å². The van der Waals surface area contributed by atoms with E-state index in [0.717, 1.165) is 38.9 Å². The minimum atomic E-state index is -2.84. The Morgan fingerprint density at radius 2 is 2.00 bits per heavy atom. The van der Waals surface area contributed by atoms with E-state index in [1.54, 1.807) is 12.1 Å². The van der Waals surface area contributed by atoms with Gasteiger partial charge in [0.1, 0.15) is 17.1 Å². The van der Waals surface area contributed by atoms with E-state index in [1.165, 1.54) is 12.1 Å². The summed E-state index contributed by atoms with van der Waals surface area (Å²) in [6.45, 7) is -0.140. The molecule has 1 atom stereocenters. The van der Waals surface area contributed by atoms with Crippen LogP contribution in [0.15, 0.2) is 71.5 Å². The average Bonchev–Trinajstić information content (AvgIpc) is 3.04. The van der Waals surface area contributed by atoms with Crippen LogP contribution in [0, 0.1) is 0 Å². The number of anilines is 1. The third-order valence-electron chi connectivity index (χ3n) is 4.87. The van der Waals surface area contributed by atoms with Crippen molar-refractivity contribution in [3.05, 3.63) is 77.6 Å². The molecule has 0 aromatic heterocycles. The second-order valence-corrected chi connectivity index (χ2v) is 6.62. The van der Waals surface area contributed by atoms with Gasteiger partial charge in [-0.05, 0) is 42.0 Å². The molecular formula is C21H20F2N3O2+. The highest BCUT2D eigenvalue weighted by atomic mass is 19.3. The molecule has 7 heteroatoms. The number of hydrogen-bond donors (Lipinski definition) is 2. The summed E-state index contributed by atoms with van der Waals surface area (Å²) in [6.07, 6.45) is 3.95. The lowest BCUT2D eigenvalue weighted by Gasteiger charge is -2.28. The molecule has 0 spiro atoms. The number of allylic oxidation sites excluding steroid dienone is 1. The van der Waals surface area contributed by atoms with Gasteiger partial charge in [-0.1, -0.05) is 12.1 Å². The Bertz CT molecular complexity index is 968. The van der Waals surface area contributed by atoms with Gasteiger partial charge in [0.05, 0.1) is 6.61 Å². The second-order valence-electron chi connectivity index (χ2n) is 6.62. The maximum absolute atomic E-state index is 12.3. The first-order valence-electron chi connectivity index (χ1n) is 8.91. The Balaban J connectivity index is 1.57. The second kappa shape index (κ2) is 7.53. The normalized spacial score (nSPS) is 18.5. The Morgan fingerprint density at radius 3 is 2.71 bits per heavy atom. The molecule has 2 heterocycles. The molecular weight excluding hydrogens is 364 g/mol. The molecule has 4 rings (SSSR count). The summed E-state index contributed by atoms with van der Waals surface area (Å²) in [4.78, 5) is 7.97. The zero-order chi connectivity index (χ0) is 19.7. The van der Waals surface area contributed by atoms with Crippen LogP contribution < -0.4 is 14.5 Å². The quantitative estimate of drug-likeness (QED) is 0.834. The fourth-order valence-corrected chi connectivity index (χ4v) is 3.41. The van der Waals surface area contributed by atoms with E-state index in [-0.39, 0.29) is 12.4 Å². The molecule has 28 heavy (non-hydrogen) atoms. The number of rotatable bonds is 5. The minimum Gasteiger partial charge on any atom is -0.435 e. The van der Waals surface area contributed by atoms with Crippen LogP contribution in [0.3, 0.4) is 0 Å². The van der Waals surface area contributed by atoms with E-state index in [1.807, 2.05) is 43.5 Å². The Morgan fingerprint density at radius 1 is 1.21 bits per heavy atom. The highest BCUT2D eigenvalue weighted by Gasteiger charge is 2.33. The van der Waals surface area contributed by atoms with Gasteiger partial charge in [-0.3, -0.25) is 4.90 Å². The maximum atomic E-state index is 12.3. The lowest BCUT2D eigenvalue weighted by Crippen LogP contribution is -3.13. The fraction of sp³-hybridized carbons (Fsp3) is 0.190. The summed E-state index contributed by atoms with van der Waals surface area (Å²) in [6, 6.07) is 14.3. The number of nitrogens with one attached hydrogen (secondary N) is 1. The average molecular weight is 384 g/mol. The third-order valence-corrected chi connectivity index (χ3v) is 4.87. The number of amidine groups is 1. The van der Waals surface area contributed by atoms with E-state index < -0.39 is 6.61 Å². The third kappa shape index (κ3) is 3.54. The molecule has 5 nitrogen and oxygen atoms in total. The number of quaternary nitrogens is 1. The van der Waals surface area contributed by atoms with Crippen LogP contribution in [0.4, 0.5) is 14.5 Å². The number of aliphatic imine (C=N–C) groups is 1. The summed E-state index contributed by atoms with van der Waals surface area (Å²) in [7, 11) is 0. The predicted octanol–water partition coefficient (Wildman–Crippen LogP) is 2.76. The van der Waals surface area contributed by atoms with Crippen LogP contribution in [-0.2, 0) is 6.61 Å². The van der Waals surface area contributed by atoms with Crippen molar-refractivity contribution < 1.29 is 23.5 Å². The van der Waals surface area contributed by atoms with Crippen molar-refractivity contribution in [3.63, 3.8) is 0 Å². The van der Waals surface area contributed by atoms with Crippen molar-refractivity contribution in [2.45, 2.75) is 20.1 Å². The first-order valence-corrected chi connectivity index (χ1v) is 8.91. The van der Waals surface area contributed by atoms with E-state index in [4.69, 9.17) is 4.99 Å². The molecule has 0 radical (unpaired) electrons. The summed E-state index contributed by atoms with van der Waals surface area (Å²) >= 11 is 0. The van der Waals surface area contributed by atoms with Gasteiger partial charge in [-0.25, -0.2) is 4.90 Å². The van der Waals surface area contributed by atoms with Crippen molar-refractivity contribution in [2.24, 2.45) is 4.99 Å². The zero-order valence-corrected chi connectivity index (χ0v) is 15.3. The van der Waals surface area contributed by atoms with Crippen LogP contribution in [-0.4, -0.2) is 24.2 Å². The number of hydrogen-bond acceptors (Lipinski definition) is 4.